The highest BCUT2D eigenvalue weighted by Crippen LogP contribution is 2.29. The molecule has 1 saturated heterocycles. The molecule has 192 valence electrons. The summed E-state index contributed by atoms with van der Waals surface area (Å²) < 4.78 is 5.60. The van der Waals surface area contributed by atoms with E-state index in [1.807, 2.05) is 42.2 Å². The van der Waals surface area contributed by atoms with Gasteiger partial charge in [0, 0.05) is 17.3 Å². The van der Waals surface area contributed by atoms with E-state index in [4.69, 9.17) is 28.6 Å². The van der Waals surface area contributed by atoms with E-state index in [1.165, 1.54) is 10.5 Å². The van der Waals surface area contributed by atoms with E-state index in [2.05, 4.69) is 17.4 Å². The maximum Gasteiger partial charge on any atom is 0.256 e. The van der Waals surface area contributed by atoms with Gasteiger partial charge in [0.15, 0.2) is 5.11 Å². The number of halogens is 1. The molecule has 2 amide bonds. The van der Waals surface area contributed by atoms with Crippen molar-refractivity contribution in [2.75, 3.05) is 23.4 Å². The first-order chi connectivity index (χ1) is 18.0. The molecule has 1 aliphatic heterocycles. The minimum atomic E-state index is -0.689. The van der Waals surface area contributed by atoms with Gasteiger partial charge in [0.1, 0.15) is 11.8 Å². The molecule has 1 heterocycles. The van der Waals surface area contributed by atoms with E-state index in [1.54, 1.807) is 36.4 Å². The standard InChI is InChI=1S/C29H30ClN3O3S/c1-2-19-36-25-16-12-23(13-17-25)31-27(34)20-26-28(35)33(24-14-10-22(30)11-15-24)29(37)32(26)18-6-9-21-7-4-3-5-8-21/h3-5,7-8,10-17,26H,2,6,9,18-20H2,1H3,(H,31,34). The van der Waals surface area contributed by atoms with Crippen molar-refractivity contribution >= 4 is 52.1 Å². The second-order valence-corrected chi connectivity index (χ2v) is 9.66. The molecule has 1 aliphatic rings. The van der Waals surface area contributed by atoms with Crippen molar-refractivity contribution in [3.8, 4) is 5.75 Å². The van der Waals surface area contributed by atoms with Crippen LogP contribution in [-0.2, 0) is 16.0 Å². The Morgan fingerprint density at radius 3 is 2.41 bits per heavy atom. The van der Waals surface area contributed by atoms with Gasteiger partial charge in [0.2, 0.25) is 5.91 Å². The molecule has 1 atom stereocenters. The maximum atomic E-state index is 13.5. The third-order valence-electron chi connectivity index (χ3n) is 6.10. The Morgan fingerprint density at radius 1 is 1.03 bits per heavy atom. The molecule has 3 aromatic rings. The molecule has 0 aromatic heterocycles. The average Bonchev–Trinajstić information content (AvgIpc) is 3.13. The zero-order chi connectivity index (χ0) is 26.2. The highest BCUT2D eigenvalue weighted by molar-refractivity contribution is 7.80. The number of nitrogens with zero attached hydrogens (tertiary/aromatic N) is 2. The van der Waals surface area contributed by atoms with E-state index >= 15 is 0 Å². The van der Waals surface area contributed by atoms with Crippen LogP contribution in [0.4, 0.5) is 11.4 Å². The zero-order valence-corrected chi connectivity index (χ0v) is 22.3. The van der Waals surface area contributed by atoms with Gasteiger partial charge in [-0.2, -0.15) is 0 Å². The molecule has 0 aliphatic carbocycles. The molecule has 4 rings (SSSR count). The van der Waals surface area contributed by atoms with Gasteiger partial charge in [-0.05, 0) is 85.6 Å². The lowest BCUT2D eigenvalue weighted by Gasteiger charge is -2.24. The number of nitrogens with one attached hydrogen (secondary N) is 1. The Morgan fingerprint density at radius 2 is 1.73 bits per heavy atom. The zero-order valence-electron chi connectivity index (χ0n) is 20.7. The Kier molecular flexibility index (Phi) is 9.14. The molecule has 0 saturated carbocycles. The third kappa shape index (κ3) is 6.87. The van der Waals surface area contributed by atoms with Gasteiger partial charge < -0.3 is 15.0 Å². The molecule has 37 heavy (non-hydrogen) atoms. The Balaban J connectivity index is 1.46. The monoisotopic (exact) mass is 535 g/mol. The van der Waals surface area contributed by atoms with E-state index < -0.39 is 6.04 Å². The number of thiocarbonyl (C=S) groups is 1. The number of hydrogen-bond acceptors (Lipinski definition) is 4. The van der Waals surface area contributed by atoms with Crippen LogP contribution in [0.5, 0.6) is 5.75 Å². The number of rotatable bonds is 11. The summed E-state index contributed by atoms with van der Waals surface area (Å²) in [4.78, 5) is 29.9. The SMILES string of the molecule is CCCOc1ccc(NC(=O)CC2C(=O)N(c3ccc(Cl)cc3)C(=S)N2CCCc2ccccc2)cc1. The second-order valence-electron chi connectivity index (χ2n) is 8.86. The molecule has 8 heteroatoms. The van der Waals surface area contributed by atoms with Gasteiger partial charge in [0.25, 0.3) is 5.91 Å². The van der Waals surface area contributed by atoms with Crippen LogP contribution in [0, 0.1) is 0 Å². The smallest absolute Gasteiger partial charge is 0.256 e. The molecule has 1 N–H and O–H groups in total. The van der Waals surface area contributed by atoms with E-state index in [-0.39, 0.29) is 18.2 Å². The summed E-state index contributed by atoms with van der Waals surface area (Å²) in [5.41, 5.74) is 2.50. The van der Waals surface area contributed by atoms with E-state index in [0.29, 0.717) is 34.7 Å². The lowest BCUT2D eigenvalue weighted by atomic mass is 10.1. The van der Waals surface area contributed by atoms with Crippen LogP contribution >= 0.6 is 23.8 Å². The number of ether oxygens (including phenoxy) is 1. The summed E-state index contributed by atoms with van der Waals surface area (Å²) in [6, 6.07) is 23.7. The first-order valence-electron chi connectivity index (χ1n) is 12.4. The van der Waals surface area contributed by atoms with Crippen molar-refractivity contribution in [2.24, 2.45) is 0 Å². The van der Waals surface area contributed by atoms with Crippen LogP contribution < -0.4 is 15.0 Å². The molecule has 1 fully saturated rings. The van der Waals surface area contributed by atoms with Gasteiger partial charge in [-0.1, -0.05) is 48.9 Å². The average molecular weight is 536 g/mol. The van der Waals surface area contributed by atoms with Crippen molar-refractivity contribution in [2.45, 2.75) is 38.6 Å². The molecule has 6 nitrogen and oxygen atoms in total. The number of hydrogen-bond donors (Lipinski definition) is 1. The lowest BCUT2D eigenvalue weighted by Crippen LogP contribution is -2.38. The molecule has 0 bridgehead atoms. The minimum absolute atomic E-state index is 0.0114. The first kappa shape index (κ1) is 26.6. The summed E-state index contributed by atoms with van der Waals surface area (Å²) in [6.45, 7) is 3.24. The molecule has 1 unspecified atom stereocenters. The van der Waals surface area contributed by atoms with Crippen molar-refractivity contribution in [1.82, 2.24) is 4.90 Å². The van der Waals surface area contributed by atoms with E-state index in [9.17, 15) is 9.59 Å². The fourth-order valence-electron chi connectivity index (χ4n) is 4.26. The van der Waals surface area contributed by atoms with Crippen LogP contribution in [0.3, 0.4) is 0 Å². The fourth-order valence-corrected chi connectivity index (χ4v) is 4.80. The van der Waals surface area contributed by atoms with Gasteiger partial charge in [0.05, 0.1) is 18.7 Å². The van der Waals surface area contributed by atoms with Gasteiger partial charge in [-0.25, -0.2) is 0 Å². The van der Waals surface area contributed by atoms with E-state index in [0.717, 1.165) is 25.0 Å². The number of anilines is 2. The fraction of sp³-hybridized carbons (Fsp3) is 0.276. The molecular formula is C29H30ClN3O3S. The second kappa shape index (κ2) is 12.7. The van der Waals surface area contributed by atoms with Crippen molar-refractivity contribution in [3.05, 3.63) is 89.4 Å². The van der Waals surface area contributed by atoms with Crippen LogP contribution in [0.15, 0.2) is 78.9 Å². The highest BCUT2D eigenvalue weighted by Gasteiger charge is 2.43. The summed E-state index contributed by atoms with van der Waals surface area (Å²) in [5.74, 6) is 0.277. The third-order valence-corrected chi connectivity index (χ3v) is 6.77. The summed E-state index contributed by atoms with van der Waals surface area (Å²) in [7, 11) is 0. The van der Waals surface area contributed by atoms with Gasteiger partial charge >= 0.3 is 0 Å². The quantitative estimate of drug-likeness (QED) is 0.301. The normalized spacial score (nSPS) is 15.2. The van der Waals surface area contributed by atoms with Crippen LogP contribution in [0.25, 0.3) is 0 Å². The molecule has 0 radical (unpaired) electrons. The van der Waals surface area contributed by atoms with Gasteiger partial charge in [-0.15, -0.1) is 0 Å². The summed E-state index contributed by atoms with van der Waals surface area (Å²) in [6.07, 6.45) is 2.55. The predicted octanol–water partition coefficient (Wildman–Crippen LogP) is 6.09. The van der Waals surface area contributed by atoms with Crippen LogP contribution in [-0.4, -0.2) is 41.0 Å². The largest absolute Gasteiger partial charge is 0.494 e. The number of amides is 2. The Labute approximate surface area is 228 Å². The number of benzene rings is 3. The van der Waals surface area contributed by atoms with Crippen molar-refractivity contribution < 1.29 is 14.3 Å². The number of aryl methyl sites for hydroxylation is 1. The predicted molar refractivity (Wildman–Crippen MR) is 152 cm³/mol. The number of carbonyl (C=O) groups is 2. The van der Waals surface area contributed by atoms with Crippen molar-refractivity contribution in [1.29, 1.82) is 0 Å². The summed E-state index contributed by atoms with van der Waals surface area (Å²) >= 11 is 11.8. The topological polar surface area (TPSA) is 61.9 Å². The Bertz CT molecular complexity index is 1220. The van der Waals surface area contributed by atoms with Crippen LogP contribution in [0.1, 0.15) is 31.7 Å². The minimum Gasteiger partial charge on any atom is -0.494 e. The van der Waals surface area contributed by atoms with Crippen LogP contribution in [0.2, 0.25) is 5.02 Å². The lowest BCUT2D eigenvalue weighted by molar-refractivity contribution is -0.124. The van der Waals surface area contributed by atoms with Crippen molar-refractivity contribution in [3.63, 3.8) is 0 Å². The van der Waals surface area contributed by atoms with Gasteiger partial charge in [-0.3, -0.25) is 14.5 Å². The first-order valence-corrected chi connectivity index (χ1v) is 13.2. The Hall–Kier alpha value is -3.42. The highest BCUT2D eigenvalue weighted by atomic mass is 35.5. The number of carbonyl (C=O) groups excluding carboxylic acids is 2. The molecule has 3 aromatic carbocycles. The molecular weight excluding hydrogens is 506 g/mol. The summed E-state index contributed by atoms with van der Waals surface area (Å²) in [5, 5.41) is 3.87. The maximum absolute atomic E-state index is 13.5. The molecule has 0 spiro atoms.